The first-order chi connectivity index (χ1) is 18.7. The van der Waals surface area contributed by atoms with Crippen LogP contribution in [0, 0.1) is 11.3 Å². The Morgan fingerprint density at radius 1 is 1.18 bits per heavy atom. The molecular weight excluding hydrogens is 517 g/mol. The molecule has 1 aliphatic rings. The SMILES string of the molecule is COc1cc(-c2cnc3cc(C(C)(C)C#N)ccn23)cc(OC(C)F)c1C(=O)N1CC(NC(=O)OC(C)(C)C)C1. The first-order valence-corrected chi connectivity index (χ1v) is 12.9. The third-order valence-corrected chi connectivity index (χ3v) is 6.49. The monoisotopic (exact) mass is 551 g/mol. The molecule has 0 spiro atoms. The summed E-state index contributed by atoms with van der Waals surface area (Å²) in [4.78, 5) is 31.6. The minimum atomic E-state index is -1.69. The standard InChI is InChI=1S/C29H34FN5O5/c1-17(30)39-23-11-18(21-13-32-24-12-19(8-9-35(21)24)29(5,6)16-31)10-22(38-7)25(23)26(36)34-14-20(15-34)33-27(37)40-28(2,3)4/h8-13,17,20H,14-15H2,1-7H3,(H,33,37). The van der Waals surface area contributed by atoms with Gasteiger partial charge in [0.05, 0.1) is 36.5 Å². The first kappa shape index (κ1) is 28.7. The molecule has 3 heterocycles. The Morgan fingerprint density at radius 3 is 2.45 bits per heavy atom. The van der Waals surface area contributed by atoms with E-state index in [9.17, 15) is 19.2 Å². The molecule has 3 aromatic rings. The molecule has 2 aromatic heterocycles. The van der Waals surface area contributed by atoms with Crippen LogP contribution in [0.4, 0.5) is 9.18 Å². The van der Waals surface area contributed by atoms with Crippen molar-refractivity contribution in [1.82, 2.24) is 19.6 Å². The Hall–Kier alpha value is -4.33. The van der Waals surface area contributed by atoms with Crippen LogP contribution in [0.5, 0.6) is 11.5 Å². The van der Waals surface area contributed by atoms with Gasteiger partial charge in [-0.1, -0.05) is 0 Å². The Labute approximate surface area is 232 Å². The third-order valence-electron chi connectivity index (χ3n) is 6.49. The number of benzene rings is 1. The van der Waals surface area contributed by atoms with Gasteiger partial charge in [-0.15, -0.1) is 0 Å². The number of halogens is 1. The molecule has 2 amide bonds. The van der Waals surface area contributed by atoms with Crippen LogP contribution in [0.1, 0.15) is 57.5 Å². The number of nitrogens with one attached hydrogen (secondary N) is 1. The lowest BCUT2D eigenvalue weighted by Crippen LogP contribution is -2.61. The number of likely N-dealkylation sites (tertiary alicyclic amines) is 1. The van der Waals surface area contributed by atoms with Gasteiger partial charge in [-0.05, 0) is 64.4 Å². The summed E-state index contributed by atoms with van der Waals surface area (Å²) >= 11 is 0. The Bertz CT molecular complexity index is 1480. The van der Waals surface area contributed by atoms with Crippen LogP contribution >= 0.6 is 0 Å². The number of nitrogens with zero attached hydrogens (tertiary/aromatic N) is 4. The lowest BCUT2D eigenvalue weighted by atomic mass is 9.87. The van der Waals surface area contributed by atoms with Crippen LogP contribution in [0.15, 0.2) is 36.7 Å². The maximum absolute atomic E-state index is 14.1. The number of carbonyl (C=O) groups excluding carboxylic acids is 2. The number of nitriles is 1. The van der Waals surface area contributed by atoms with Gasteiger partial charge in [0.25, 0.3) is 5.91 Å². The summed E-state index contributed by atoms with van der Waals surface area (Å²) in [6.07, 6.45) is 1.22. The molecular formula is C29H34FN5O5. The van der Waals surface area contributed by atoms with E-state index in [1.165, 1.54) is 18.9 Å². The highest BCUT2D eigenvalue weighted by molar-refractivity contribution is 6.01. The summed E-state index contributed by atoms with van der Waals surface area (Å²) in [7, 11) is 1.42. The number of imidazole rings is 1. The van der Waals surface area contributed by atoms with Crippen molar-refractivity contribution >= 4 is 17.6 Å². The van der Waals surface area contributed by atoms with Crippen LogP contribution in [0.2, 0.25) is 0 Å². The number of ether oxygens (including phenoxy) is 3. The summed E-state index contributed by atoms with van der Waals surface area (Å²) in [5, 5.41) is 12.2. The van der Waals surface area contributed by atoms with Crippen molar-refractivity contribution in [3.05, 3.63) is 47.8 Å². The fourth-order valence-electron chi connectivity index (χ4n) is 4.39. The summed E-state index contributed by atoms with van der Waals surface area (Å²) in [5.74, 6) is -0.184. The Morgan fingerprint density at radius 2 is 1.85 bits per heavy atom. The molecule has 10 nitrogen and oxygen atoms in total. The Balaban J connectivity index is 1.64. The molecule has 40 heavy (non-hydrogen) atoms. The van der Waals surface area contributed by atoms with Gasteiger partial charge in [-0.3, -0.25) is 9.20 Å². The lowest BCUT2D eigenvalue weighted by molar-refractivity contribution is 0.0350. The molecule has 0 aliphatic carbocycles. The molecule has 0 saturated carbocycles. The largest absolute Gasteiger partial charge is 0.496 e. The van der Waals surface area contributed by atoms with Gasteiger partial charge in [0.15, 0.2) is 0 Å². The van der Waals surface area contributed by atoms with Gasteiger partial charge in [-0.25, -0.2) is 14.2 Å². The van der Waals surface area contributed by atoms with Crippen molar-refractivity contribution in [3.63, 3.8) is 0 Å². The van der Waals surface area contributed by atoms with E-state index in [1.807, 2.05) is 36.6 Å². The number of hydrogen-bond donors (Lipinski definition) is 1. The molecule has 0 radical (unpaired) electrons. The van der Waals surface area contributed by atoms with Crippen molar-refractivity contribution in [2.45, 2.75) is 65.0 Å². The summed E-state index contributed by atoms with van der Waals surface area (Å²) in [6.45, 7) is 10.7. The van der Waals surface area contributed by atoms with Crippen LogP contribution in [-0.4, -0.2) is 64.5 Å². The van der Waals surface area contributed by atoms with E-state index >= 15 is 0 Å². The molecule has 4 rings (SSSR count). The second-order valence-electron chi connectivity index (χ2n) is 11.3. The highest BCUT2D eigenvalue weighted by Crippen LogP contribution is 2.38. The predicted octanol–water partition coefficient (Wildman–Crippen LogP) is 4.85. The molecule has 0 bridgehead atoms. The molecule has 212 valence electrons. The molecule has 1 unspecified atom stereocenters. The smallest absolute Gasteiger partial charge is 0.407 e. The maximum Gasteiger partial charge on any atom is 0.407 e. The van der Waals surface area contributed by atoms with Crippen molar-refractivity contribution in [2.24, 2.45) is 0 Å². The summed E-state index contributed by atoms with van der Waals surface area (Å²) in [6, 6.07) is 8.96. The number of aromatic nitrogens is 2. The number of rotatable bonds is 7. The number of carbonyl (C=O) groups is 2. The predicted molar refractivity (Wildman–Crippen MR) is 146 cm³/mol. The van der Waals surface area contributed by atoms with Crippen molar-refractivity contribution in [2.75, 3.05) is 20.2 Å². The average molecular weight is 552 g/mol. The summed E-state index contributed by atoms with van der Waals surface area (Å²) < 4.78 is 32.3. The quantitative estimate of drug-likeness (QED) is 0.446. The topological polar surface area (TPSA) is 118 Å². The lowest BCUT2D eigenvalue weighted by Gasteiger charge is -2.40. The van der Waals surface area contributed by atoms with Crippen LogP contribution < -0.4 is 14.8 Å². The number of fused-ring (bicyclic) bond motifs is 1. The minimum absolute atomic E-state index is 0.0232. The van der Waals surface area contributed by atoms with E-state index in [2.05, 4.69) is 16.4 Å². The maximum atomic E-state index is 14.1. The molecule has 1 fully saturated rings. The van der Waals surface area contributed by atoms with E-state index in [1.54, 1.807) is 39.1 Å². The van der Waals surface area contributed by atoms with E-state index in [0.717, 1.165) is 5.56 Å². The number of alkyl carbamates (subject to hydrolysis) is 1. The third kappa shape index (κ3) is 5.96. The number of alkyl halides is 1. The van der Waals surface area contributed by atoms with Crippen molar-refractivity contribution in [1.29, 1.82) is 5.26 Å². The highest BCUT2D eigenvalue weighted by atomic mass is 19.1. The zero-order chi connectivity index (χ0) is 29.4. The highest BCUT2D eigenvalue weighted by Gasteiger charge is 2.36. The number of amides is 2. The molecule has 1 aromatic carbocycles. The average Bonchev–Trinajstić information content (AvgIpc) is 3.27. The van der Waals surface area contributed by atoms with Crippen molar-refractivity contribution in [3.8, 4) is 28.8 Å². The van der Waals surface area contributed by atoms with E-state index in [4.69, 9.17) is 14.2 Å². The van der Waals surface area contributed by atoms with Crippen LogP contribution in [0.25, 0.3) is 16.9 Å². The molecule has 1 N–H and O–H groups in total. The molecule has 1 saturated heterocycles. The molecule has 11 heteroatoms. The van der Waals surface area contributed by atoms with E-state index in [-0.39, 0.29) is 36.2 Å². The number of methoxy groups -OCH3 is 1. The summed E-state index contributed by atoms with van der Waals surface area (Å²) in [5.41, 5.74) is 1.47. The van der Waals surface area contributed by atoms with Gasteiger partial charge in [0.1, 0.15) is 28.3 Å². The fourth-order valence-corrected chi connectivity index (χ4v) is 4.39. The molecule has 1 aliphatic heterocycles. The zero-order valence-electron chi connectivity index (χ0n) is 23.7. The van der Waals surface area contributed by atoms with E-state index < -0.39 is 29.4 Å². The number of pyridine rings is 1. The van der Waals surface area contributed by atoms with Crippen LogP contribution in [0.3, 0.4) is 0 Å². The van der Waals surface area contributed by atoms with Gasteiger partial charge in [-0.2, -0.15) is 5.26 Å². The number of hydrogen-bond acceptors (Lipinski definition) is 7. The van der Waals surface area contributed by atoms with E-state index in [0.29, 0.717) is 16.9 Å². The van der Waals surface area contributed by atoms with Gasteiger partial charge in [0.2, 0.25) is 6.36 Å². The normalized spacial score (nSPS) is 14.7. The zero-order valence-corrected chi connectivity index (χ0v) is 23.7. The Kier molecular flexibility index (Phi) is 7.65. The van der Waals surface area contributed by atoms with Gasteiger partial charge < -0.3 is 24.4 Å². The minimum Gasteiger partial charge on any atom is -0.496 e. The second kappa shape index (κ2) is 10.7. The second-order valence-corrected chi connectivity index (χ2v) is 11.3. The van der Waals surface area contributed by atoms with Gasteiger partial charge in [0, 0.05) is 31.8 Å². The van der Waals surface area contributed by atoms with Crippen molar-refractivity contribution < 1.29 is 28.2 Å². The molecule has 1 atom stereocenters. The fraction of sp³-hybridized carbons (Fsp3) is 0.448. The van der Waals surface area contributed by atoms with Gasteiger partial charge >= 0.3 is 6.09 Å². The first-order valence-electron chi connectivity index (χ1n) is 12.9. The van der Waals surface area contributed by atoms with Crippen LogP contribution in [-0.2, 0) is 10.2 Å².